The Kier molecular flexibility index (Phi) is 3.30. The maximum Gasteiger partial charge on any atom is 0.258 e. The summed E-state index contributed by atoms with van der Waals surface area (Å²) >= 11 is 5.74. The second-order valence-corrected chi connectivity index (χ2v) is 3.93. The predicted octanol–water partition coefficient (Wildman–Crippen LogP) is 3.31. The number of rotatable bonds is 2. The molecule has 0 saturated heterocycles. The van der Waals surface area contributed by atoms with Gasteiger partial charge in [-0.1, -0.05) is 23.7 Å². The fraction of sp³-hybridized carbons (Fsp3) is 0. The lowest BCUT2D eigenvalue weighted by Gasteiger charge is -2.04. The van der Waals surface area contributed by atoms with Gasteiger partial charge in [-0.25, -0.2) is 0 Å². The highest BCUT2D eigenvalue weighted by Gasteiger charge is 2.07. The minimum Gasteiger partial charge on any atom is -0.618 e. The Balaban J connectivity index is 2.34. The van der Waals surface area contributed by atoms with Gasteiger partial charge in [0.15, 0.2) is 12.0 Å². The van der Waals surface area contributed by atoms with Crippen molar-refractivity contribution in [2.75, 3.05) is 0 Å². The molecule has 0 aromatic heterocycles. The van der Waals surface area contributed by atoms with Crippen LogP contribution in [0.2, 0.25) is 5.02 Å². The Morgan fingerprint density at radius 2 is 1.71 bits per heavy atom. The van der Waals surface area contributed by atoms with Gasteiger partial charge < -0.3 is 10.3 Å². The highest BCUT2D eigenvalue weighted by Crippen LogP contribution is 2.24. The van der Waals surface area contributed by atoms with Crippen LogP contribution >= 0.6 is 11.6 Å². The molecular formula is C13H10ClNO2. The van der Waals surface area contributed by atoms with Crippen molar-refractivity contribution in [1.29, 1.82) is 0 Å². The third-order valence-electron chi connectivity index (χ3n) is 2.26. The minimum absolute atomic E-state index is 0.0484. The average molecular weight is 248 g/mol. The molecule has 0 fully saturated rings. The summed E-state index contributed by atoms with van der Waals surface area (Å²) in [6.45, 7) is 0. The van der Waals surface area contributed by atoms with Gasteiger partial charge in [-0.3, -0.25) is 0 Å². The molecule has 0 saturated carbocycles. The molecule has 2 aromatic rings. The molecule has 0 aliphatic rings. The van der Waals surface area contributed by atoms with Crippen molar-refractivity contribution in [3.8, 4) is 5.75 Å². The molecule has 0 bridgehead atoms. The summed E-state index contributed by atoms with van der Waals surface area (Å²) < 4.78 is 0.624. The van der Waals surface area contributed by atoms with Gasteiger partial charge in [-0.05, 0) is 30.3 Å². The van der Waals surface area contributed by atoms with Crippen molar-refractivity contribution >= 4 is 23.5 Å². The molecular weight excluding hydrogens is 238 g/mol. The highest BCUT2D eigenvalue weighted by molar-refractivity contribution is 6.30. The largest absolute Gasteiger partial charge is 0.618 e. The molecule has 3 nitrogen and oxygen atoms in total. The SMILES string of the molecule is [O-][N+](=Cc1ccc(Cl)cc1)c1ccccc1O. The lowest BCUT2D eigenvalue weighted by atomic mass is 10.2. The number of nitrogens with zero attached hydrogens (tertiary/aromatic N) is 1. The van der Waals surface area contributed by atoms with E-state index >= 15 is 0 Å². The van der Waals surface area contributed by atoms with Crippen molar-refractivity contribution in [2.24, 2.45) is 0 Å². The Hall–Kier alpha value is -2.00. The number of aromatic hydroxyl groups is 1. The second kappa shape index (κ2) is 4.89. The van der Waals surface area contributed by atoms with E-state index in [1.54, 1.807) is 42.5 Å². The normalized spacial score (nSPS) is 11.5. The van der Waals surface area contributed by atoms with E-state index in [1.165, 1.54) is 12.3 Å². The van der Waals surface area contributed by atoms with Crippen LogP contribution in [0.15, 0.2) is 48.5 Å². The maximum absolute atomic E-state index is 11.8. The number of benzene rings is 2. The number of para-hydroxylation sites is 2. The first kappa shape index (κ1) is 11.5. The van der Waals surface area contributed by atoms with E-state index in [-0.39, 0.29) is 11.4 Å². The van der Waals surface area contributed by atoms with Crippen LogP contribution in [0.1, 0.15) is 5.56 Å². The molecule has 0 atom stereocenters. The first-order chi connectivity index (χ1) is 8.16. The molecule has 1 N–H and O–H groups in total. The summed E-state index contributed by atoms with van der Waals surface area (Å²) in [7, 11) is 0. The summed E-state index contributed by atoms with van der Waals surface area (Å²) in [6, 6.07) is 13.2. The Morgan fingerprint density at radius 1 is 1.06 bits per heavy atom. The average Bonchev–Trinajstić information content (AvgIpc) is 2.32. The minimum atomic E-state index is -0.0484. The van der Waals surface area contributed by atoms with Gasteiger partial charge in [0, 0.05) is 16.7 Å². The Labute approximate surface area is 104 Å². The van der Waals surface area contributed by atoms with E-state index in [9.17, 15) is 10.3 Å². The first-order valence-electron chi connectivity index (χ1n) is 5.01. The zero-order valence-electron chi connectivity index (χ0n) is 8.88. The van der Waals surface area contributed by atoms with Gasteiger partial charge in [0.25, 0.3) is 5.69 Å². The summed E-state index contributed by atoms with van der Waals surface area (Å²) in [5, 5.41) is 21.9. The van der Waals surface area contributed by atoms with Crippen LogP contribution in [0.3, 0.4) is 0 Å². The van der Waals surface area contributed by atoms with Gasteiger partial charge >= 0.3 is 0 Å². The van der Waals surface area contributed by atoms with E-state index in [1.807, 2.05) is 0 Å². The fourth-order valence-corrected chi connectivity index (χ4v) is 1.53. The van der Waals surface area contributed by atoms with Gasteiger partial charge in [0.05, 0.1) is 0 Å². The molecule has 2 rings (SSSR count). The fourth-order valence-electron chi connectivity index (χ4n) is 1.40. The third kappa shape index (κ3) is 2.77. The molecule has 0 aliphatic carbocycles. The second-order valence-electron chi connectivity index (χ2n) is 3.50. The molecule has 0 heterocycles. The van der Waals surface area contributed by atoms with Gasteiger partial charge in [0.1, 0.15) is 0 Å². The maximum atomic E-state index is 11.8. The number of hydrogen-bond donors (Lipinski definition) is 1. The van der Waals surface area contributed by atoms with E-state index in [2.05, 4.69) is 0 Å². The zero-order chi connectivity index (χ0) is 12.3. The number of hydrogen-bond acceptors (Lipinski definition) is 2. The van der Waals surface area contributed by atoms with E-state index < -0.39 is 0 Å². The standard InChI is InChI=1S/C13H10ClNO2/c14-11-7-5-10(6-8-11)9-15(17)12-3-1-2-4-13(12)16/h1-9,16H. The molecule has 2 aromatic carbocycles. The molecule has 0 amide bonds. The van der Waals surface area contributed by atoms with Crippen molar-refractivity contribution in [3.05, 3.63) is 64.3 Å². The van der Waals surface area contributed by atoms with Gasteiger partial charge in [-0.2, -0.15) is 4.74 Å². The quantitative estimate of drug-likeness (QED) is 0.383. The Bertz CT molecular complexity index is 550. The van der Waals surface area contributed by atoms with Crippen LogP contribution in [-0.2, 0) is 0 Å². The van der Waals surface area contributed by atoms with Crippen LogP contribution in [0.5, 0.6) is 5.75 Å². The number of phenols is 1. The van der Waals surface area contributed by atoms with Crippen molar-refractivity contribution in [1.82, 2.24) is 0 Å². The number of halogens is 1. The molecule has 17 heavy (non-hydrogen) atoms. The van der Waals surface area contributed by atoms with Crippen LogP contribution in [0, 0.1) is 5.21 Å². The monoisotopic (exact) mass is 247 g/mol. The smallest absolute Gasteiger partial charge is 0.258 e. The molecule has 86 valence electrons. The van der Waals surface area contributed by atoms with Crippen LogP contribution in [0.4, 0.5) is 5.69 Å². The van der Waals surface area contributed by atoms with E-state index in [4.69, 9.17) is 11.6 Å². The third-order valence-corrected chi connectivity index (χ3v) is 2.51. The topological polar surface area (TPSA) is 46.3 Å². The first-order valence-corrected chi connectivity index (χ1v) is 5.39. The summed E-state index contributed by atoms with van der Waals surface area (Å²) in [4.78, 5) is 0. The molecule has 0 aliphatic heterocycles. The van der Waals surface area contributed by atoms with E-state index in [0.29, 0.717) is 15.3 Å². The molecule has 0 radical (unpaired) electrons. The van der Waals surface area contributed by atoms with Crippen molar-refractivity contribution in [3.63, 3.8) is 0 Å². The van der Waals surface area contributed by atoms with Crippen LogP contribution in [-0.4, -0.2) is 16.1 Å². The highest BCUT2D eigenvalue weighted by atomic mass is 35.5. The van der Waals surface area contributed by atoms with Crippen molar-refractivity contribution in [2.45, 2.75) is 0 Å². The summed E-state index contributed by atoms with van der Waals surface area (Å²) in [5.41, 5.74) is 0.926. The van der Waals surface area contributed by atoms with Crippen molar-refractivity contribution < 1.29 is 9.85 Å². The van der Waals surface area contributed by atoms with Gasteiger partial charge in [-0.15, -0.1) is 0 Å². The number of phenolic OH excluding ortho intramolecular Hbond substituents is 1. The summed E-state index contributed by atoms with van der Waals surface area (Å²) in [5.74, 6) is -0.0484. The van der Waals surface area contributed by atoms with Crippen LogP contribution in [0.25, 0.3) is 0 Å². The zero-order valence-corrected chi connectivity index (χ0v) is 9.63. The van der Waals surface area contributed by atoms with E-state index in [0.717, 1.165) is 0 Å². The van der Waals surface area contributed by atoms with Gasteiger partial charge in [0.2, 0.25) is 0 Å². The molecule has 0 unspecified atom stereocenters. The molecule has 0 spiro atoms. The summed E-state index contributed by atoms with van der Waals surface area (Å²) in [6.07, 6.45) is 1.38. The lowest BCUT2D eigenvalue weighted by molar-refractivity contribution is -0.355. The molecule has 4 heteroatoms. The lowest BCUT2D eigenvalue weighted by Crippen LogP contribution is -1.98. The predicted molar refractivity (Wildman–Crippen MR) is 68.0 cm³/mol. The Morgan fingerprint density at radius 3 is 2.35 bits per heavy atom. The van der Waals surface area contributed by atoms with Crippen LogP contribution < -0.4 is 0 Å².